The van der Waals surface area contributed by atoms with E-state index in [-0.39, 0.29) is 10.7 Å². The molecule has 1 N–H and O–H groups in total. The summed E-state index contributed by atoms with van der Waals surface area (Å²) in [5.74, 6) is 0.0111. The highest BCUT2D eigenvalue weighted by molar-refractivity contribution is 9.10. The lowest BCUT2D eigenvalue weighted by atomic mass is 10.1. The summed E-state index contributed by atoms with van der Waals surface area (Å²) < 4.78 is 11.6. The zero-order chi connectivity index (χ0) is 21.8. The van der Waals surface area contributed by atoms with E-state index in [1.54, 1.807) is 12.1 Å². The minimum atomic E-state index is -0.546. The fraction of sp³-hybridized carbons (Fsp3) is 0.227. The summed E-state index contributed by atoms with van der Waals surface area (Å²) in [4.78, 5) is 27.0. The van der Waals surface area contributed by atoms with Crippen molar-refractivity contribution in [3.63, 3.8) is 0 Å². The van der Waals surface area contributed by atoms with Crippen LogP contribution in [0.25, 0.3) is 6.08 Å². The normalized spacial score (nSPS) is 15.4. The zero-order valence-corrected chi connectivity index (χ0v) is 19.2. The van der Waals surface area contributed by atoms with E-state index in [1.807, 2.05) is 31.2 Å². The van der Waals surface area contributed by atoms with Crippen LogP contribution in [0.15, 0.2) is 46.4 Å². The molecule has 2 amide bonds. The Hall–Kier alpha value is -2.71. The summed E-state index contributed by atoms with van der Waals surface area (Å²) in [6.07, 6.45) is 2.39. The lowest BCUT2D eigenvalue weighted by Crippen LogP contribution is -2.54. The first-order valence-electron chi connectivity index (χ1n) is 9.40. The van der Waals surface area contributed by atoms with Gasteiger partial charge in [-0.05, 0) is 83.0 Å². The van der Waals surface area contributed by atoms with Crippen LogP contribution in [0.5, 0.6) is 11.5 Å². The number of nitrogens with zero attached hydrogens (tertiary/aromatic N) is 1. The van der Waals surface area contributed by atoms with Gasteiger partial charge in [0, 0.05) is 0 Å². The third kappa shape index (κ3) is 4.39. The number of ether oxygens (including phenoxy) is 2. The molecule has 0 aliphatic carbocycles. The summed E-state index contributed by atoms with van der Waals surface area (Å²) in [5, 5.41) is 2.65. The molecule has 6 nitrogen and oxygen atoms in total. The van der Waals surface area contributed by atoms with Crippen LogP contribution in [0.4, 0.5) is 5.69 Å². The molecule has 156 valence electrons. The van der Waals surface area contributed by atoms with Crippen LogP contribution in [0.1, 0.15) is 25.0 Å². The fourth-order valence-corrected chi connectivity index (χ4v) is 3.90. The number of methoxy groups -OCH3 is 1. The average Bonchev–Trinajstić information content (AvgIpc) is 2.73. The molecule has 2 aromatic carbocycles. The van der Waals surface area contributed by atoms with Crippen molar-refractivity contribution >= 4 is 56.8 Å². The van der Waals surface area contributed by atoms with Crippen LogP contribution in [-0.4, -0.2) is 30.6 Å². The number of amides is 2. The maximum Gasteiger partial charge on any atom is 0.270 e. The summed E-state index contributed by atoms with van der Waals surface area (Å²) >= 11 is 8.71. The van der Waals surface area contributed by atoms with E-state index >= 15 is 0 Å². The number of hydrogen-bond acceptors (Lipinski definition) is 5. The van der Waals surface area contributed by atoms with Gasteiger partial charge in [0.15, 0.2) is 16.6 Å². The van der Waals surface area contributed by atoms with Crippen LogP contribution in [0.3, 0.4) is 0 Å². The van der Waals surface area contributed by atoms with Gasteiger partial charge in [-0.1, -0.05) is 19.1 Å². The Balaban J connectivity index is 2.01. The molecule has 0 bridgehead atoms. The first kappa shape index (κ1) is 22.0. The van der Waals surface area contributed by atoms with Crippen molar-refractivity contribution in [2.24, 2.45) is 0 Å². The fourth-order valence-electron chi connectivity index (χ4n) is 3.05. The largest absolute Gasteiger partial charge is 0.493 e. The molecule has 1 saturated heterocycles. The minimum absolute atomic E-state index is 0.0266. The molecule has 1 aliphatic heterocycles. The van der Waals surface area contributed by atoms with Gasteiger partial charge in [-0.25, -0.2) is 0 Å². The van der Waals surface area contributed by atoms with Gasteiger partial charge in [0.05, 0.1) is 23.9 Å². The molecule has 0 saturated carbocycles. The maximum atomic E-state index is 13.2. The van der Waals surface area contributed by atoms with Gasteiger partial charge >= 0.3 is 0 Å². The van der Waals surface area contributed by atoms with Crippen molar-refractivity contribution in [3.8, 4) is 11.5 Å². The Kier molecular flexibility index (Phi) is 6.89. The molecule has 30 heavy (non-hydrogen) atoms. The Morgan fingerprint density at radius 2 is 1.87 bits per heavy atom. The molecule has 0 spiro atoms. The minimum Gasteiger partial charge on any atom is -0.493 e. The van der Waals surface area contributed by atoms with Crippen LogP contribution in [-0.2, 0) is 16.0 Å². The third-order valence-electron chi connectivity index (χ3n) is 4.56. The number of halogens is 1. The smallest absolute Gasteiger partial charge is 0.270 e. The van der Waals surface area contributed by atoms with E-state index in [1.165, 1.54) is 18.1 Å². The lowest BCUT2D eigenvalue weighted by Gasteiger charge is -2.29. The number of rotatable bonds is 6. The van der Waals surface area contributed by atoms with Crippen molar-refractivity contribution in [3.05, 3.63) is 57.6 Å². The van der Waals surface area contributed by atoms with Crippen molar-refractivity contribution in [1.29, 1.82) is 0 Å². The number of anilines is 1. The number of carbonyl (C=O) groups excluding carboxylic acids is 2. The molecule has 2 aromatic rings. The van der Waals surface area contributed by atoms with Gasteiger partial charge in [-0.3, -0.25) is 19.8 Å². The lowest BCUT2D eigenvalue weighted by molar-refractivity contribution is -0.122. The number of benzene rings is 2. The van der Waals surface area contributed by atoms with Crippen LogP contribution >= 0.6 is 28.1 Å². The highest BCUT2D eigenvalue weighted by Gasteiger charge is 2.34. The number of nitrogens with one attached hydrogen (secondary N) is 1. The second-order valence-electron chi connectivity index (χ2n) is 6.44. The molecule has 0 unspecified atom stereocenters. The van der Waals surface area contributed by atoms with E-state index in [9.17, 15) is 9.59 Å². The highest BCUT2D eigenvalue weighted by Crippen LogP contribution is 2.37. The van der Waals surface area contributed by atoms with Gasteiger partial charge in [0.1, 0.15) is 5.57 Å². The topological polar surface area (TPSA) is 67.9 Å². The number of aryl methyl sites for hydroxylation is 1. The summed E-state index contributed by atoms with van der Waals surface area (Å²) in [7, 11) is 1.53. The van der Waals surface area contributed by atoms with Crippen LogP contribution in [0.2, 0.25) is 0 Å². The molecule has 1 heterocycles. The van der Waals surface area contributed by atoms with Gasteiger partial charge in [-0.2, -0.15) is 0 Å². The predicted octanol–water partition coefficient (Wildman–Crippen LogP) is 4.25. The van der Waals surface area contributed by atoms with Gasteiger partial charge < -0.3 is 9.47 Å². The van der Waals surface area contributed by atoms with E-state index < -0.39 is 11.8 Å². The number of hydrogen-bond donors (Lipinski definition) is 1. The molecule has 0 atom stereocenters. The molecule has 0 radical (unpaired) electrons. The van der Waals surface area contributed by atoms with E-state index in [2.05, 4.69) is 28.2 Å². The quantitative estimate of drug-likeness (QED) is 0.374. The van der Waals surface area contributed by atoms with E-state index in [0.29, 0.717) is 33.8 Å². The van der Waals surface area contributed by atoms with Crippen molar-refractivity contribution in [2.75, 3.05) is 18.6 Å². The van der Waals surface area contributed by atoms with Crippen molar-refractivity contribution in [1.82, 2.24) is 5.32 Å². The zero-order valence-electron chi connectivity index (χ0n) is 16.8. The second kappa shape index (κ2) is 9.40. The third-order valence-corrected chi connectivity index (χ3v) is 5.43. The number of carbonyl (C=O) groups is 2. The van der Waals surface area contributed by atoms with Gasteiger partial charge in [-0.15, -0.1) is 0 Å². The summed E-state index contributed by atoms with van der Waals surface area (Å²) in [6.45, 7) is 4.40. The molecular weight excluding hydrogens is 468 g/mol. The number of thiocarbonyl (C=S) groups is 1. The first-order chi connectivity index (χ1) is 14.4. The van der Waals surface area contributed by atoms with Gasteiger partial charge in [0.2, 0.25) is 0 Å². The van der Waals surface area contributed by atoms with Crippen LogP contribution in [0, 0.1) is 0 Å². The molecule has 1 fully saturated rings. The van der Waals surface area contributed by atoms with Gasteiger partial charge in [0.25, 0.3) is 11.8 Å². The highest BCUT2D eigenvalue weighted by atomic mass is 79.9. The summed E-state index contributed by atoms with van der Waals surface area (Å²) in [5.41, 5.74) is 2.31. The van der Waals surface area contributed by atoms with E-state index in [0.717, 1.165) is 12.0 Å². The van der Waals surface area contributed by atoms with E-state index in [4.69, 9.17) is 21.7 Å². The van der Waals surface area contributed by atoms with Crippen LogP contribution < -0.4 is 19.7 Å². The SMILES string of the molecule is CCOc1c(Br)cc(C=C2C(=O)NC(=S)N(c3ccc(CC)cc3)C2=O)cc1OC. The Labute approximate surface area is 189 Å². The Bertz CT molecular complexity index is 1030. The molecule has 3 rings (SSSR count). The Morgan fingerprint density at radius 1 is 1.17 bits per heavy atom. The Morgan fingerprint density at radius 3 is 2.47 bits per heavy atom. The standard InChI is InChI=1S/C22H21BrN2O4S/c1-4-13-6-8-15(9-7-13)25-21(27)16(20(26)24-22(25)30)10-14-11-17(23)19(29-5-2)18(12-14)28-3/h6-12H,4-5H2,1-3H3,(H,24,26,30). The molecule has 0 aromatic heterocycles. The molecular formula is C22H21BrN2O4S. The maximum absolute atomic E-state index is 13.2. The first-order valence-corrected chi connectivity index (χ1v) is 10.6. The van der Waals surface area contributed by atoms with Crippen molar-refractivity contribution < 1.29 is 19.1 Å². The average molecular weight is 489 g/mol. The summed E-state index contributed by atoms with van der Waals surface area (Å²) in [6, 6.07) is 11.0. The van der Waals surface area contributed by atoms with Crippen molar-refractivity contribution in [2.45, 2.75) is 20.3 Å². The predicted molar refractivity (Wildman–Crippen MR) is 124 cm³/mol. The molecule has 8 heteroatoms. The molecule has 1 aliphatic rings. The monoisotopic (exact) mass is 488 g/mol. The second-order valence-corrected chi connectivity index (χ2v) is 7.69.